The topological polar surface area (TPSA) is 38.9 Å². The van der Waals surface area contributed by atoms with Crippen LogP contribution in [0.15, 0.2) is 29.6 Å². The van der Waals surface area contributed by atoms with E-state index < -0.39 is 0 Å². The summed E-state index contributed by atoms with van der Waals surface area (Å²) in [4.78, 5) is 4.65. The molecule has 0 saturated carbocycles. The van der Waals surface area contributed by atoms with Gasteiger partial charge in [0.1, 0.15) is 5.01 Å². The fraction of sp³-hybridized carbons (Fsp3) is 0.308. The highest BCUT2D eigenvalue weighted by Gasteiger charge is 2.04. The van der Waals surface area contributed by atoms with Crippen molar-refractivity contribution in [3.05, 3.63) is 40.9 Å². The molecule has 0 amide bonds. The van der Waals surface area contributed by atoms with E-state index in [4.69, 9.17) is 5.73 Å². The van der Waals surface area contributed by atoms with Gasteiger partial charge in [-0.05, 0) is 13.0 Å². The van der Waals surface area contributed by atoms with Crippen molar-refractivity contribution in [1.29, 1.82) is 0 Å². The van der Waals surface area contributed by atoms with Crippen LogP contribution in [-0.4, -0.2) is 17.3 Å². The zero-order valence-electron chi connectivity index (χ0n) is 9.85. The van der Waals surface area contributed by atoms with Crippen molar-refractivity contribution in [3.8, 4) is 10.6 Å². The lowest BCUT2D eigenvalue weighted by Crippen LogP contribution is -2.01. The number of rotatable bonds is 5. The molecular formula is C13H16N2S2. The van der Waals surface area contributed by atoms with Gasteiger partial charge in [-0.15, -0.1) is 11.3 Å². The Bertz CT molecular complexity index is 480. The van der Waals surface area contributed by atoms with E-state index in [-0.39, 0.29) is 0 Å². The number of thioether (sulfide) groups is 1. The number of hydrogen-bond acceptors (Lipinski definition) is 4. The summed E-state index contributed by atoms with van der Waals surface area (Å²) in [5.74, 6) is 1.96. The minimum atomic E-state index is 0.736. The first-order valence-corrected chi connectivity index (χ1v) is 7.62. The Labute approximate surface area is 110 Å². The summed E-state index contributed by atoms with van der Waals surface area (Å²) in [7, 11) is 0. The van der Waals surface area contributed by atoms with Gasteiger partial charge in [-0.2, -0.15) is 11.8 Å². The molecule has 1 aromatic heterocycles. The van der Waals surface area contributed by atoms with Crippen LogP contribution in [0.25, 0.3) is 10.6 Å². The minimum Gasteiger partial charge on any atom is -0.330 e. The van der Waals surface area contributed by atoms with Gasteiger partial charge in [-0.3, -0.25) is 0 Å². The number of benzene rings is 1. The summed E-state index contributed by atoms with van der Waals surface area (Å²) < 4.78 is 0. The Balaban J connectivity index is 2.07. The molecule has 2 nitrogen and oxygen atoms in total. The molecule has 90 valence electrons. The van der Waals surface area contributed by atoms with Crippen molar-refractivity contribution in [3.63, 3.8) is 0 Å². The molecule has 1 aromatic carbocycles. The van der Waals surface area contributed by atoms with Gasteiger partial charge in [-0.25, -0.2) is 4.98 Å². The highest BCUT2D eigenvalue weighted by Crippen LogP contribution is 2.25. The Morgan fingerprint density at radius 3 is 3.06 bits per heavy atom. The van der Waals surface area contributed by atoms with Crippen molar-refractivity contribution >= 4 is 23.1 Å². The van der Waals surface area contributed by atoms with E-state index in [1.165, 1.54) is 11.1 Å². The van der Waals surface area contributed by atoms with Gasteiger partial charge in [0.25, 0.3) is 0 Å². The predicted molar refractivity (Wildman–Crippen MR) is 77.5 cm³/mol. The molecule has 0 radical (unpaired) electrons. The van der Waals surface area contributed by atoms with Crippen LogP contribution in [0.4, 0.5) is 0 Å². The van der Waals surface area contributed by atoms with Crippen molar-refractivity contribution < 1.29 is 0 Å². The molecule has 0 aliphatic rings. The standard InChI is InChI=1S/C13H16N2S2/c1-10-3-2-4-11(7-10)13-15-12(9-17-13)8-16-6-5-14/h2-4,7,9H,5-6,8,14H2,1H3. The van der Waals surface area contributed by atoms with Gasteiger partial charge in [-0.1, -0.05) is 23.8 Å². The molecule has 0 aliphatic heterocycles. The third kappa shape index (κ3) is 3.56. The average Bonchev–Trinajstić information content (AvgIpc) is 2.78. The van der Waals surface area contributed by atoms with Crippen LogP contribution in [-0.2, 0) is 5.75 Å². The molecule has 0 unspecified atom stereocenters. The second-order valence-electron chi connectivity index (χ2n) is 3.85. The number of nitrogens with two attached hydrogens (primary N) is 1. The van der Waals surface area contributed by atoms with E-state index in [0.29, 0.717) is 0 Å². The molecule has 0 spiro atoms. The van der Waals surface area contributed by atoms with Crippen LogP contribution < -0.4 is 5.73 Å². The lowest BCUT2D eigenvalue weighted by atomic mass is 10.1. The van der Waals surface area contributed by atoms with Crippen LogP contribution in [0.2, 0.25) is 0 Å². The molecule has 2 rings (SSSR count). The Morgan fingerprint density at radius 1 is 1.41 bits per heavy atom. The maximum atomic E-state index is 5.47. The van der Waals surface area contributed by atoms with Gasteiger partial charge in [0, 0.05) is 29.0 Å². The lowest BCUT2D eigenvalue weighted by Gasteiger charge is -1.98. The van der Waals surface area contributed by atoms with Crippen LogP contribution in [0.5, 0.6) is 0 Å². The summed E-state index contributed by atoms with van der Waals surface area (Å²) in [6.07, 6.45) is 0. The second kappa shape index (κ2) is 6.19. The summed E-state index contributed by atoms with van der Waals surface area (Å²) in [6, 6.07) is 8.47. The zero-order valence-corrected chi connectivity index (χ0v) is 11.5. The maximum Gasteiger partial charge on any atom is 0.123 e. The molecule has 2 aromatic rings. The zero-order chi connectivity index (χ0) is 12.1. The van der Waals surface area contributed by atoms with Gasteiger partial charge in [0.2, 0.25) is 0 Å². The van der Waals surface area contributed by atoms with Crippen LogP contribution >= 0.6 is 23.1 Å². The SMILES string of the molecule is Cc1cccc(-c2nc(CSCCN)cs2)c1. The first-order chi connectivity index (χ1) is 8.29. The molecule has 0 fully saturated rings. The van der Waals surface area contributed by atoms with Crippen molar-refractivity contribution in [1.82, 2.24) is 4.98 Å². The molecule has 0 atom stereocenters. The second-order valence-corrected chi connectivity index (χ2v) is 5.82. The largest absolute Gasteiger partial charge is 0.330 e. The molecule has 0 aliphatic carbocycles. The Morgan fingerprint density at radius 2 is 2.29 bits per heavy atom. The Kier molecular flexibility index (Phi) is 4.59. The number of aromatic nitrogens is 1. The maximum absolute atomic E-state index is 5.47. The van der Waals surface area contributed by atoms with Crippen LogP contribution in [0.3, 0.4) is 0 Å². The van der Waals surface area contributed by atoms with E-state index in [1.54, 1.807) is 11.3 Å². The summed E-state index contributed by atoms with van der Waals surface area (Å²) in [6.45, 7) is 2.84. The van der Waals surface area contributed by atoms with Crippen LogP contribution in [0, 0.1) is 6.92 Å². The van der Waals surface area contributed by atoms with Gasteiger partial charge in [0.15, 0.2) is 0 Å². The van der Waals surface area contributed by atoms with Gasteiger partial charge < -0.3 is 5.73 Å². The summed E-state index contributed by atoms with van der Waals surface area (Å²) in [5, 5.41) is 3.25. The number of hydrogen-bond donors (Lipinski definition) is 1. The quantitative estimate of drug-likeness (QED) is 0.842. The molecule has 4 heteroatoms. The van der Waals surface area contributed by atoms with E-state index >= 15 is 0 Å². The smallest absolute Gasteiger partial charge is 0.123 e. The molecule has 17 heavy (non-hydrogen) atoms. The monoisotopic (exact) mass is 264 g/mol. The molecule has 0 saturated heterocycles. The molecule has 0 bridgehead atoms. The van der Waals surface area contributed by atoms with E-state index in [1.807, 2.05) is 11.8 Å². The third-order valence-corrected chi connectivity index (χ3v) is 4.29. The first kappa shape index (κ1) is 12.6. The fourth-order valence-corrected chi connectivity index (χ4v) is 3.13. The van der Waals surface area contributed by atoms with E-state index in [9.17, 15) is 0 Å². The minimum absolute atomic E-state index is 0.736. The van der Waals surface area contributed by atoms with E-state index in [0.717, 1.165) is 28.8 Å². The Hall–Kier alpha value is -0.840. The van der Waals surface area contributed by atoms with Crippen LogP contribution in [0.1, 0.15) is 11.3 Å². The van der Waals surface area contributed by atoms with E-state index in [2.05, 4.69) is 41.6 Å². The highest BCUT2D eigenvalue weighted by atomic mass is 32.2. The van der Waals surface area contributed by atoms with Crippen molar-refractivity contribution in [2.75, 3.05) is 12.3 Å². The predicted octanol–water partition coefficient (Wildman–Crippen LogP) is 3.31. The molecular weight excluding hydrogens is 248 g/mol. The average molecular weight is 264 g/mol. The first-order valence-electron chi connectivity index (χ1n) is 5.59. The number of thiazole rings is 1. The molecule has 2 N–H and O–H groups in total. The summed E-state index contributed by atoms with van der Waals surface area (Å²) in [5.41, 5.74) is 9.11. The van der Waals surface area contributed by atoms with Gasteiger partial charge in [0.05, 0.1) is 5.69 Å². The fourth-order valence-electron chi connectivity index (χ4n) is 1.54. The number of nitrogens with zero attached hydrogens (tertiary/aromatic N) is 1. The van der Waals surface area contributed by atoms with Crippen molar-refractivity contribution in [2.45, 2.75) is 12.7 Å². The molecule has 1 heterocycles. The lowest BCUT2D eigenvalue weighted by molar-refractivity contribution is 1.14. The highest BCUT2D eigenvalue weighted by molar-refractivity contribution is 7.98. The number of aryl methyl sites for hydroxylation is 1. The van der Waals surface area contributed by atoms with Gasteiger partial charge >= 0.3 is 0 Å². The third-order valence-electron chi connectivity index (χ3n) is 2.33. The normalized spacial score (nSPS) is 10.7. The van der Waals surface area contributed by atoms with Crippen molar-refractivity contribution in [2.24, 2.45) is 5.73 Å². The summed E-state index contributed by atoms with van der Waals surface area (Å²) >= 11 is 3.55.